The molecule has 0 aliphatic rings. The van der Waals surface area contributed by atoms with Gasteiger partial charge in [0.05, 0.1) is 4.90 Å². The molecule has 0 aromatic heterocycles. The van der Waals surface area contributed by atoms with Crippen molar-refractivity contribution in [1.29, 1.82) is 5.41 Å². The topological polar surface area (TPSA) is 113 Å². The van der Waals surface area contributed by atoms with Crippen LogP contribution in [0.4, 0.5) is 0 Å². The molecule has 2 aromatic rings. The lowest BCUT2D eigenvalue weighted by molar-refractivity contribution is 0.0976. The Hall–Kier alpha value is -2.38. The average molecular weight is 354 g/mol. The molecule has 0 aliphatic carbocycles. The fraction of sp³-hybridized carbons (Fsp3) is 0.0667. The Labute approximate surface area is 140 Å². The van der Waals surface area contributed by atoms with E-state index in [-0.39, 0.29) is 22.9 Å². The minimum absolute atomic E-state index is 0. The van der Waals surface area contributed by atoms with Crippen LogP contribution in [0.3, 0.4) is 0 Å². The number of carbonyl (C=O) groups excluding carboxylic acids is 1. The summed E-state index contributed by atoms with van der Waals surface area (Å²) in [6, 6.07) is 13.4. The van der Waals surface area contributed by atoms with Crippen LogP contribution in [0.1, 0.15) is 10.4 Å². The molecular formula is C15H16ClN3O3S. The molecule has 0 saturated heterocycles. The van der Waals surface area contributed by atoms with Crippen LogP contribution in [0.5, 0.6) is 0 Å². The third-order valence-corrected chi connectivity index (χ3v) is 4.04. The van der Waals surface area contributed by atoms with E-state index in [1.807, 2.05) is 30.3 Å². The van der Waals surface area contributed by atoms with Crippen LogP contribution in [0.2, 0.25) is 0 Å². The lowest BCUT2D eigenvalue weighted by Crippen LogP contribution is -2.35. The number of benzene rings is 2. The molecule has 0 bridgehead atoms. The molecule has 0 fully saturated rings. The summed E-state index contributed by atoms with van der Waals surface area (Å²) >= 11 is 0. The molecule has 23 heavy (non-hydrogen) atoms. The number of hydrogen-bond acceptors (Lipinski definition) is 4. The highest BCUT2D eigenvalue weighted by Gasteiger charge is 2.15. The van der Waals surface area contributed by atoms with Crippen molar-refractivity contribution >= 4 is 34.1 Å². The van der Waals surface area contributed by atoms with Crippen molar-refractivity contribution in [3.05, 3.63) is 54.1 Å². The first-order valence-electron chi connectivity index (χ1n) is 6.33. The van der Waals surface area contributed by atoms with Crippen LogP contribution in [-0.4, -0.2) is 26.5 Å². The first kappa shape index (κ1) is 18.7. The zero-order valence-corrected chi connectivity index (χ0v) is 13.9. The normalized spacial score (nSPS) is 10.5. The van der Waals surface area contributed by atoms with Crippen LogP contribution in [0, 0.1) is 5.41 Å². The van der Waals surface area contributed by atoms with E-state index in [2.05, 4.69) is 5.32 Å². The number of rotatable bonds is 3. The molecule has 2 aromatic carbocycles. The minimum Gasteiger partial charge on any atom is -0.370 e. The second kappa shape index (κ2) is 7.26. The first-order valence-corrected chi connectivity index (χ1v) is 8.22. The van der Waals surface area contributed by atoms with Crippen molar-refractivity contribution in [2.24, 2.45) is 5.73 Å². The number of nitrogens with two attached hydrogens (primary N) is 1. The summed E-state index contributed by atoms with van der Waals surface area (Å²) in [5, 5.41) is 9.24. The van der Waals surface area contributed by atoms with Crippen molar-refractivity contribution in [1.82, 2.24) is 5.32 Å². The highest BCUT2D eigenvalue weighted by molar-refractivity contribution is 7.90. The van der Waals surface area contributed by atoms with Gasteiger partial charge in [-0.3, -0.25) is 15.5 Å². The van der Waals surface area contributed by atoms with Gasteiger partial charge in [-0.15, -0.1) is 12.4 Å². The fourth-order valence-electron chi connectivity index (χ4n) is 1.94. The summed E-state index contributed by atoms with van der Waals surface area (Å²) in [6.45, 7) is 0. The maximum Gasteiger partial charge on any atom is 0.257 e. The van der Waals surface area contributed by atoms with Crippen molar-refractivity contribution in [2.45, 2.75) is 4.90 Å². The Morgan fingerprint density at radius 3 is 2.22 bits per heavy atom. The monoisotopic (exact) mass is 353 g/mol. The van der Waals surface area contributed by atoms with E-state index >= 15 is 0 Å². The third-order valence-electron chi connectivity index (χ3n) is 2.95. The van der Waals surface area contributed by atoms with Gasteiger partial charge in [0.25, 0.3) is 5.91 Å². The van der Waals surface area contributed by atoms with E-state index in [4.69, 9.17) is 11.1 Å². The van der Waals surface area contributed by atoms with Gasteiger partial charge < -0.3 is 5.73 Å². The molecule has 1 amide bonds. The van der Waals surface area contributed by atoms with Crippen molar-refractivity contribution < 1.29 is 13.2 Å². The summed E-state index contributed by atoms with van der Waals surface area (Å²) in [5.41, 5.74) is 6.64. The summed E-state index contributed by atoms with van der Waals surface area (Å²) in [5.74, 6) is -1.13. The second-order valence-corrected chi connectivity index (χ2v) is 6.77. The zero-order chi connectivity index (χ0) is 16.3. The molecule has 8 heteroatoms. The van der Waals surface area contributed by atoms with Crippen molar-refractivity contribution in [3.63, 3.8) is 0 Å². The number of guanidine groups is 1. The Balaban J connectivity index is 0.00000264. The minimum atomic E-state index is -3.48. The molecule has 0 radical (unpaired) electrons. The van der Waals surface area contributed by atoms with Crippen LogP contribution in [-0.2, 0) is 9.84 Å². The Morgan fingerprint density at radius 2 is 1.70 bits per heavy atom. The van der Waals surface area contributed by atoms with Crippen molar-refractivity contribution in [2.75, 3.05) is 6.26 Å². The number of nitrogens with one attached hydrogen (secondary N) is 2. The van der Waals surface area contributed by atoms with Crippen LogP contribution in [0.25, 0.3) is 11.1 Å². The molecule has 122 valence electrons. The quantitative estimate of drug-likeness (QED) is 0.576. The number of halogens is 1. The molecule has 0 heterocycles. The maximum atomic E-state index is 12.0. The van der Waals surface area contributed by atoms with Gasteiger partial charge in [-0.25, -0.2) is 8.42 Å². The molecule has 2 rings (SSSR count). The van der Waals surface area contributed by atoms with Gasteiger partial charge in [0.15, 0.2) is 15.8 Å². The fourth-order valence-corrected chi connectivity index (χ4v) is 2.62. The SMILES string of the molecule is CS(=O)(=O)c1cc(C(=O)NC(=N)N)cc(-c2ccccc2)c1.Cl. The van der Waals surface area contributed by atoms with Gasteiger partial charge in [-0.05, 0) is 29.3 Å². The number of amides is 1. The lowest BCUT2D eigenvalue weighted by atomic mass is 10.0. The molecule has 0 unspecified atom stereocenters. The second-order valence-electron chi connectivity index (χ2n) is 4.75. The predicted molar refractivity (Wildman–Crippen MR) is 91.6 cm³/mol. The first-order chi connectivity index (χ1) is 10.3. The third kappa shape index (κ3) is 4.80. The van der Waals surface area contributed by atoms with E-state index in [0.29, 0.717) is 5.56 Å². The predicted octanol–water partition coefficient (Wildman–Crippen LogP) is 1.80. The van der Waals surface area contributed by atoms with Gasteiger partial charge in [-0.2, -0.15) is 0 Å². The van der Waals surface area contributed by atoms with Crippen LogP contribution >= 0.6 is 12.4 Å². The summed E-state index contributed by atoms with van der Waals surface area (Å²) < 4.78 is 23.6. The highest BCUT2D eigenvalue weighted by Crippen LogP contribution is 2.24. The molecule has 0 saturated carbocycles. The Kier molecular flexibility index (Phi) is 5.89. The summed E-state index contributed by atoms with van der Waals surface area (Å²) in [6.07, 6.45) is 1.07. The molecule has 4 N–H and O–H groups in total. The molecule has 0 aliphatic heterocycles. The lowest BCUT2D eigenvalue weighted by Gasteiger charge is -2.09. The standard InChI is InChI=1S/C15H15N3O3S.ClH/c1-22(20,21)13-8-11(10-5-3-2-4-6-10)7-12(9-13)14(19)18-15(16)17;/h2-9H,1H3,(H4,16,17,18,19);1H. The van der Waals surface area contributed by atoms with Gasteiger partial charge >= 0.3 is 0 Å². The molecular weight excluding hydrogens is 338 g/mol. The number of hydrogen-bond donors (Lipinski definition) is 3. The largest absolute Gasteiger partial charge is 0.370 e. The van der Waals surface area contributed by atoms with Gasteiger partial charge in [0.2, 0.25) is 0 Å². The zero-order valence-electron chi connectivity index (χ0n) is 12.2. The molecule has 0 spiro atoms. The van der Waals surface area contributed by atoms with E-state index in [1.54, 1.807) is 6.07 Å². The molecule has 6 nitrogen and oxygen atoms in total. The van der Waals surface area contributed by atoms with Crippen molar-refractivity contribution in [3.8, 4) is 11.1 Å². The Morgan fingerprint density at radius 1 is 1.09 bits per heavy atom. The van der Waals surface area contributed by atoms with Gasteiger partial charge in [-0.1, -0.05) is 30.3 Å². The molecule has 0 atom stereocenters. The number of sulfone groups is 1. The van der Waals surface area contributed by atoms with Gasteiger partial charge in [0.1, 0.15) is 0 Å². The van der Waals surface area contributed by atoms with Gasteiger partial charge in [0, 0.05) is 11.8 Å². The van der Waals surface area contributed by atoms with E-state index in [9.17, 15) is 13.2 Å². The van der Waals surface area contributed by atoms with E-state index in [1.165, 1.54) is 12.1 Å². The van der Waals surface area contributed by atoms with Crippen LogP contribution < -0.4 is 11.1 Å². The number of carbonyl (C=O) groups is 1. The smallest absolute Gasteiger partial charge is 0.257 e. The summed E-state index contributed by atoms with van der Waals surface area (Å²) in [4.78, 5) is 12.0. The Bertz CT molecular complexity index is 836. The highest BCUT2D eigenvalue weighted by atomic mass is 35.5. The van der Waals surface area contributed by atoms with E-state index in [0.717, 1.165) is 11.8 Å². The van der Waals surface area contributed by atoms with Crippen LogP contribution in [0.15, 0.2) is 53.4 Å². The maximum absolute atomic E-state index is 12.0. The average Bonchev–Trinajstić information content (AvgIpc) is 2.46. The summed E-state index contributed by atoms with van der Waals surface area (Å²) in [7, 11) is -3.48. The van der Waals surface area contributed by atoms with E-state index < -0.39 is 21.7 Å².